The summed E-state index contributed by atoms with van der Waals surface area (Å²) in [5, 5.41) is 11.4. The molecule has 0 bridgehead atoms. The van der Waals surface area contributed by atoms with Gasteiger partial charge in [0.1, 0.15) is 11.3 Å². The Balaban J connectivity index is 1.79. The summed E-state index contributed by atoms with van der Waals surface area (Å²) >= 11 is 1.24. The van der Waals surface area contributed by atoms with E-state index in [-0.39, 0.29) is 31.7 Å². The molecule has 3 aliphatic heterocycles. The molecule has 1 N–H and O–H groups in total. The Kier molecular flexibility index (Phi) is 4.57. The lowest BCUT2D eigenvalue weighted by Crippen LogP contribution is -2.59. The van der Waals surface area contributed by atoms with Gasteiger partial charge in [0.25, 0.3) is 5.91 Å². The maximum Gasteiger partial charge on any atom is 0.339 e. The maximum absolute atomic E-state index is 12.9. The van der Waals surface area contributed by atoms with Gasteiger partial charge in [-0.05, 0) is 19.8 Å². The van der Waals surface area contributed by atoms with Gasteiger partial charge in [-0.1, -0.05) is 11.8 Å². The SMILES string of the molecule is COC(=O)[C@@H]1SC=C(C(=O)N2CCCC2C)N1CC1(O)COC1. The average Bonchev–Trinajstić information content (AvgIpc) is 3.10. The first kappa shape index (κ1) is 16.6. The molecule has 7 nitrogen and oxygen atoms in total. The lowest BCUT2D eigenvalue weighted by molar-refractivity contribution is -0.187. The zero-order chi connectivity index (χ0) is 16.6. The number of hydrogen-bond acceptors (Lipinski definition) is 7. The summed E-state index contributed by atoms with van der Waals surface area (Å²) < 4.78 is 9.90. The average molecular weight is 342 g/mol. The van der Waals surface area contributed by atoms with Crippen LogP contribution < -0.4 is 0 Å². The van der Waals surface area contributed by atoms with Gasteiger partial charge in [0.15, 0.2) is 5.37 Å². The van der Waals surface area contributed by atoms with E-state index in [1.807, 2.05) is 11.8 Å². The van der Waals surface area contributed by atoms with E-state index in [1.54, 1.807) is 10.3 Å². The van der Waals surface area contributed by atoms with E-state index in [1.165, 1.54) is 18.9 Å². The van der Waals surface area contributed by atoms with Crippen LogP contribution >= 0.6 is 11.8 Å². The molecule has 0 radical (unpaired) electrons. The third-order valence-electron chi connectivity index (χ3n) is 4.54. The highest BCUT2D eigenvalue weighted by Crippen LogP contribution is 2.36. The highest BCUT2D eigenvalue weighted by molar-refractivity contribution is 8.03. The molecule has 0 aromatic heterocycles. The molecule has 23 heavy (non-hydrogen) atoms. The number of esters is 1. The molecule has 1 unspecified atom stereocenters. The molecule has 3 rings (SSSR count). The largest absolute Gasteiger partial charge is 0.467 e. The lowest BCUT2D eigenvalue weighted by Gasteiger charge is -2.41. The molecule has 8 heteroatoms. The minimum Gasteiger partial charge on any atom is -0.467 e. The number of ether oxygens (including phenoxy) is 2. The first-order valence-electron chi connectivity index (χ1n) is 7.76. The minimum absolute atomic E-state index is 0.0854. The van der Waals surface area contributed by atoms with Crippen LogP contribution in [0.15, 0.2) is 11.1 Å². The zero-order valence-electron chi connectivity index (χ0n) is 13.4. The number of likely N-dealkylation sites (tertiary alicyclic amines) is 1. The third-order valence-corrected chi connectivity index (χ3v) is 5.61. The second-order valence-corrected chi connectivity index (χ2v) is 7.30. The number of aliphatic hydroxyl groups is 1. The van der Waals surface area contributed by atoms with E-state index in [0.717, 1.165) is 19.4 Å². The van der Waals surface area contributed by atoms with Gasteiger partial charge in [-0.3, -0.25) is 4.79 Å². The van der Waals surface area contributed by atoms with Crippen LogP contribution in [0.25, 0.3) is 0 Å². The lowest BCUT2D eigenvalue weighted by atomic mass is 10.0. The number of amides is 1. The second-order valence-electron chi connectivity index (χ2n) is 6.35. The van der Waals surface area contributed by atoms with Crippen molar-refractivity contribution in [1.82, 2.24) is 9.80 Å². The Morgan fingerprint density at radius 2 is 2.26 bits per heavy atom. The van der Waals surface area contributed by atoms with Gasteiger partial charge in [0, 0.05) is 18.0 Å². The van der Waals surface area contributed by atoms with Gasteiger partial charge >= 0.3 is 5.97 Å². The van der Waals surface area contributed by atoms with E-state index in [0.29, 0.717) is 5.70 Å². The van der Waals surface area contributed by atoms with E-state index in [2.05, 4.69) is 0 Å². The highest BCUT2D eigenvalue weighted by atomic mass is 32.2. The number of carbonyl (C=O) groups is 2. The van der Waals surface area contributed by atoms with Gasteiger partial charge < -0.3 is 24.4 Å². The standard InChI is InChI=1S/C15H22N2O5S/c1-10-4-3-5-16(10)12(18)11-6-23-13(14(19)21-2)17(11)7-15(20)8-22-9-15/h6,10,13,20H,3-5,7-9H2,1-2H3/t10?,13-/m0/s1. The van der Waals surface area contributed by atoms with Crippen LogP contribution in [0.2, 0.25) is 0 Å². The molecular weight excluding hydrogens is 320 g/mol. The Labute approximate surface area is 139 Å². The normalized spacial score (nSPS) is 29.3. The predicted molar refractivity (Wildman–Crippen MR) is 84.4 cm³/mol. The summed E-state index contributed by atoms with van der Waals surface area (Å²) in [6, 6.07) is 0.197. The van der Waals surface area contributed by atoms with Crippen LogP contribution in [0.3, 0.4) is 0 Å². The highest BCUT2D eigenvalue weighted by Gasteiger charge is 2.46. The van der Waals surface area contributed by atoms with Gasteiger partial charge in [-0.2, -0.15) is 0 Å². The minimum atomic E-state index is -1.02. The summed E-state index contributed by atoms with van der Waals surface area (Å²) in [6.45, 7) is 3.36. The summed E-state index contributed by atoms with van der Waals surface area (Å²) in [5.41, 5.74) is -0.563. The topological polar surface area (TPSA) is 79.3 Å². The molecule has 0 saturated carbocycles. The summed E-state index contributed by atoms with van der Waals surface area (Å²) in [5.74, 6) is -0.509. The first-order valence-corrected chi connectivity index (χ1v) is 8.71. The number of rotatable bonds is 4. The number of thioether (sulfide) groups is 1. The molecule has 2 atom stereocenters. The Bertz CT molecular complexity index is 534. The number of nitrogens with zero attached hydrogens (tertiary/aromatic N) is 2. The van der Waals surface area contributed by atoms with Crippen LogP contribution in [0, 0.1) is 0 Å². The second kappa shape index (κ2) is 6.33. The van der Waals surface area contributed by atoms with Crippen LogP contribution in [-0.2, 0) is 19.1 Å². The molecule has 128 valence electrons. The van der Waals surface area contributed by atoms with Gasteiger partial charge in [-0.25, -0.2) is 4.79 Å². The van der Waals surface area contributed by atoms with Crippen molar-refractivity contribution >= 4 is 23.6 Å². The number of hydrogen-bond donors (Lipinski definition) is 1. The number of carbonyl (C=O) groups excluding carboxylic acids is 2. The smallest absolute Gasteiger partial charge is 0.339 e. The van der Waals surface area contributed by atoms with Crippen molar-refractivity contribution in [2.75, 3.05) is 33.4 Å². The van der Waals surface area contributed by atoms with Crippen molar-refractivity contribution in [3.8, 4) is 0 Å². The van der Waals surface area contributed by atoms with Crippen molar-refractivity contribution in [2.24, 2.45) is 0 Å². The van der Waals surface area contributed by atoms with Crippen molar-refractivity contribution in [3.63, 3.8) is 0 Å². The first-order chi connectivity index (χ1) is 10.9. The van der Waals surface area contributed by atoms with E-state index >= 15 is 0 Å². The molecule has 0 spiro atoms. The van der Waals surface area contributed by atoms with E-state index in [4.69, 9.17) is 9.47 Å². The van der Waals surface area contributed by atoms with Gasteiger partial charge in [0.2, 0.25) is 0 Å². The van der Waals surface area contributed by atoms with Crippen molar-refractivity contribution in [2.45, 2.75) is 36.8 Å². The Hall–Kier alpha value is -1.25. The fraction of sp³-hybridized carbons (Fsp3) is 0.733. The van der Waals surface area contributed by atoms with Gasteiger partial charge in [0.05, 0.1) is 26.9 Å². The molecule has 3 aliphatic rings. The van der Waals surface area contributed by atoms with Crippen molar-refractivity contribution < 1.29 is 24.2 Å². The summed E-state index contributed by atoms with van der Waals surface area (Å²) in [7, 11) is 1.32. The molecule has 1 amide bonds. The van der Waals surface area contributed by atoms with Crippen LogP contribution in [0.5, 0.6) is 0 Å². The number of methoxy groups -OCH3 is 1. The monoisotopic (exact) mass is 342 g/mol. The molecule has 0 aliphatic carbocycles. The predicted octanol–water partition coefficient (Wildman–Crippen LogP) is 0.148. The number of β-amino-alcohol motifs (C(OH)–C–C–N with tert-alkyl or cyclic N) is 1. The molecule has 2 saturated heterocycles. The van der Waals surface area contributed by atoms with Crippen LogP contribution in [-0.4, -0.2) is 77.2 Å². The van der Waals surface area contributed by atoms with E-state index < -0.39 is 16.9 Å². The zero-order valence-corrected chi connectivity index (χ0v) is 14.2. The third kappa shape index (κ3) is 3.07. The molecule has 0 aromatic carbocycles. The molecule has 3 heterocycles. The quantitative estimate of drug-likeness (QED) is 0.729. The molecule has 2 fully saturated rings. The van der Waals surface area contributed by atoms with E-state index in [9.17, 15) is 14.7 Å². The summed E-state index contributed by atoms with van der Waals surface area (Å²) in [6.07, 6.45) is 1.98. The Morgan fingerprint density at radius 1 is 1.52 bits per heavy atom. The fourth-order valence-electron chi connectivity index (χ4n) is 3.15. The van der Waals surface area contributed by atoms with Crippen LogP contribution in [0.1, 0.15) is 19.8 Å². The Morgan fingerprint density at radius 3 is 2.78 bits per heavy atom. The maximum atomic E-state index is 12.9. The van der Waals surface area contributed by atoms with Crippen LogP contribution in [0.4, 0.5) is 0 Å². The fourth-order valence-corrected chi connectivity index (χ4v) is 4.19. The molecular formula is C15H22N2O5S. The molecule has 0 aromatic rings. The van der Waals surface area contributed by atoms with Gasteiger partial charge in [-0.15, -0.1) is 0 Å². The summed E-state index contributed by atoms with van der Waals surface area (Å²) in [4.78, 5) is 28.4. The van der Waals surface area contributed by atoms with Crippen molar-refractivity contribution in [3.05, 3.63) is 11.1 Å². The van der Waals surface area contributed by atoms with Crippen molar-refractivity contribution in [1.29, 1.82) is 0 Å².